The molecule has 0 aliphatic heterocycles. The van der Waals surface area contributed by atoms with Gasteiger partial charge in [-0.05, 0) is 49.4 Å². The third-order valence-corrected chi connectivity index (χ3v) is 3.72. The van der Waals surface area contributed by atoms with Crippen LogP contribution >= 0.6 is 0 Å². The first-order chi connectivity index (χ1) is 11.5. The molecule has 124 valence electrons. The van der Waals surface area contributed by atoms with Crippen molar-refractivity contribution in [3.05, 3.63) is 66.0 Å². The van der Waals surface area contributed by atoms with E-state index in [1.165, 1.54) is 16.8 Å². The van der Waals surface area contributed by atoms with Gasteiger partial charge in [0.15, 0.2) is 0 Å². The summed E-state index contributed by atoms with van der Waals surface area (Å²) in [5.74, 6) is 0.302. The normalized spacial score (nSPS) is 12.1. The highest BCUT2D eigenvalue weighted by molar-refractivity contribution is 5.93. The smallest absolute Gasteiger partial charge is 0.269 e. The van der Waals surface area contributed by atoms with Gasteiger partial charge >= 0.3 is 0 Å². The zero-order valence-electron chi connectivity index (χ0n) is 13.5. The van der Waals surface area contributed by atoms with Crippen LogP contribution in [0.2, 0.25) is 0 Å². The van der Waals surface area contributed by atoms with Gasteiger partial charge in [0.25, 0.3) is 5.91 Å². The van der Waals surface area contributed by atoms with E-state index < -0.39 is 0 Å². The predicted molar refractivity (Wildman–Crippen MR) is 87.9 cm³/mol. The van der Waals surface area contributed by atoms with E-state index in [9.17, 15) is 9.18 Å². The zero-order valence-corrected chi connectivity index (χ0v) is 13.5. The van der Waals surface area contributed by atoms with Crippen LogP contribution in [0.3, 0.4) is 0 Å². The minimum Gasteiger partial charge on any atom is -0.469 e. The van der Waals surface area contributed by atoms with Gasteiger partial charge in [-0.1, -0.05) is 0 Å². The third-order valence-electron chi connectivity index (χ3n) is 3.72. The van der Waals surface area contributed by atoms with E-state index in [1.807, 2.05) is 19.1 Å². The number of nitrogens with zero attached hydrogens (tertiary/aromatic N) is 2. The SMILES string of the molecule is C[C@@H](Cc1ccco1)NC(=O)c1cc(-c2ccc(F)cc2)nn1C. The van der Waals surface area contributed by atoms with Crippen LogP contribution in [-0.2, 0) is 13.5 Å². The lowest BCUT2D eigenvalue weighted by Gasteiger charge is -2.12. The second kappa shape index (κ2) is 6.70. The largest absolute Gasteiger partial charge is 0.469 e. The third kappa shape index (κ3) is 3.53. The molecule has 1 amide bonds. The Labute approximate surface area is 139 Å². The number of nitrogens with one attached hydrogen (secondary N) is 1. The van der Waals surface area contributed by atoms with Gasteiger partial charge in [-0.25, -0.2) is 4.39 Å². The number of furan rings is 1. The maximum Gasteiger partial charge on any atom is 0.269 e. The Hall–Kier alpha value is -2.89. The molecule has 3 aromatic rings. The lowest BCUT2D eigenvalue weighted by Crippen LogP contribution is -2.35. The van der Waals surface area contributed by atoms with Crippen molar-refractivity contribution in [3.63, 3.8) is 0 Å². The predicted octanol–water partition coefficient (Wildman–Crippen LogP) is 3.18. The van der Waals surface area contributed by atoms with E-state index in [2.05, 4.69) is 10.4 Å². The number of hydrogen-bond donors (Lipinski definition) is 1. The first kappa shape index (κ1) is 16.0. The molecule has 0 bridgehead atoms. The quantitative estimate of drug-likeness (QED) is 0.783. The number of benzene rings is 1. The van der Waals surface area contributed by atoms with Crippen molar-refractivity contribution in [2.45, 2.75) is 19.4 Å². The molecule has 0 unspecified atom stereocenters. The molecule has 3 rings (SSSR count). The van der Waals surface area contributed by atoms with Crippen LogP contribution in [0.5, 0.6) is 0 Å². The fourth-order valence-electron chi connectivity index (χ4n) is 2.52. The van der Waals surface area contributed by atoms with Crippen LogP contribution in [-0.4, -0.2) is 21.7 Å². The lowest BCUT2D eigenvalue weighted by atomic mass is 10.1. The Kier molecular flexibility index (Phi) is 4.46. The van der Waals surface area contributed by atoms with E-state index >= 15 is 0 Å². The van der Waals surface area contributed by atoms with Gasteiger partial charge in [0.05, 0.1) is 12.0 Å². The van der Waals surface area contributed by atoms with Crippen molar-refractivity contribution in [3.8, 4) is 11.3 Å². The van der Waals surface area contributed by atoms with E-state index in [-0.39, 0.29) is 17.8 Å². The molecule has 0 saturated heterocycles. The Bertz CT molecular complexity index is 823. The van der Waals surface area contributed by atoms with Gasteiger partial charge < -0.3 is 9.73 Å². The fraction of sp³-hybridized carbons (Fsp3) is 0.222. The summed E-state index contributed by atoms with van der Waals surface area (Å²) in [7, 11) is 1.71. The van der Waals surface area contributed by atoms with E-state index in [4.69, 9.17) is 4.42 Å². The Balaban J connectivity index is 1.72. The average Bonchev–Trinajstić information content (AvgIpc) is 3.17. The number of aromatic nitrogens is 2. The van der Waals surface area contributed by atoms with Gasteiger partial charge in [-0.2, -0.15) is 5.10 Å². The average molecular weight is 327 g/mol. The number of hydrogen-bond acceptors (Lipinski definition) is 3. The molecule has 0 aliphatic carbocycles. The molecule has 0 saturated carbocycles. The van der Waals surface area contributed by atoms with Crippen molar-refractivity contribution in [1.82, 2.24) is 15.1 Å². The molecule has 2 heterocycles. The van der Waals surface area contributed by atoms with E-state index in [0.29, 0.717) is 17.8 Å². The summed E-state index contributed by atoms with van der Waals surface area (Å²) in [4.78, 5) is 12.4. The molecular formula is C18H18FN3O2. The van der Waals surface area contributed by atoms with Crippen LogP contribution < -0.4 is 5.32 Å². The molecule has 0 aliphatic rings. The summed E-state index contributed by atoms with van der Waals surface area (Å²) in [5, 5.41) is 7.26. The molecule has 5 nitrogen and oxygen atoms in total. The molecule has 2 aromatic heterocycles. The van der Waals surface area contributed by atoms with Gasteiger partial charge in [-0.3, -0.25) is 9.48 Å². The number of carbonyl (C=O) groups is 1. The second-order valence-corrected chi connectivity index (χ2v) is 5.70. The maximum absolute atomic E-state index is 13.0. The number of aryl methyl sites for hydroxylation is 1. The first-order valence-corrected chi connectivity index (χ1v) is 7.66. The zero-order chi connectivity index (χ0) is 17.1. The molecule has 1 N–H and O–H groups in total. The molecule has 0 radical (unpaired) electrons. The molecule has 1 aromatic carbocycles. The molecule has 1 atom stereocenters. The van der Waals surface area contributed by atoms with Crippen LogP contribution in [0.25, 0.3) is 11.3 Å². The molecule has 6 heteroatoms. The van der Waals surface area contributed by atoms with Crippen LogP contribution in [0.1, 0.15) is 23.2 Å². The lowest BCUT2D eigenvalue weighted by molar-refractivity contribution is 0.0929. The standard InChI is InChI=1S/C18H18FN3O2/c1-12(10-15-4-3-9-24-15)20-18(23)17-11-16(21-22(17)2)13-5-7-14(19)8-6-13/h3-9,11-12H,10H2,1-2H3,(H,20,23)/t12-/m0/s1. The van der Waals surface area contributed by atoms with Gasteiger partial charge in [0, 0.05) is 25.1 Å². The van der Waals surface area contributed by atoms with E-state index in [0.717, 1.165) is 11.3 Å². The molecule has 0 spiro atoms. The Morgan fingerprint density at radius 3 is 2.75 bits per heavy atom. The molecular weight excluding hydrogens is 309 g/mol. The fourth-order valence-corrected chi connectivity index (χ4v) is 2.52. The highest BCUT2D eigenvalue weighted by atomic mass is 19.1. The maximum atomic E-state index is 13.0. The Morgan fingerprint density at radius 1 is 1.33 bits per heavy atom. The highest BCUT2D eigenvalue weighted by Gasteiger charge is 2.17. The first-order valence-electron chi connectivity index (χ1n) is 7.66. The summed E-state index contributed by atoms with van der Waals surface area (Å²) in [6.07, 6.45) is 2.22. The summed E-state index contributed by atoms with van der Waals surface area (Å²) in [6.45, 7) is 1.91. The number of amides is 1. The van der Waals surface area contributed by atoms with Gasteiger partial charge in [0.2, 0.25) is 0 Å². The minimum atomic E-state index is -0.306. The van der Waals surface area contributed by atoms with Crippen LogP contribution in [0.4, 0.5) is 4.39 Å². The summed E-state index contributed by atoms with van der Waals surface area (Å²) in [6, 6.07) is 11.3. The van der Waals surface area contributed by atoms with Crippen LogP contribution in [0.15, 0.2) is 53.1 Å². The monoisotopic (exact) mass is 327 g/mol. The topological polar surface area (TPSA) is 60.1 Å². The van der Waals surface area contributed by atoms with Crippen molar-refractivity contribution >= 4 is 5.91 Å². The van der Waals surface area contributed by atoms with Gasteiger partial charge in [-0.15, -0.1) is 0 Å². The minimum absolute atomic E-state index is 0.0761. The van der Waals surface area contributed by atoms with Crippen molar-refractivity contribution < 1.29 is 13.6 Å². The molecule has 0 fully saturated rings. The highest BCUT2D eigenvalue weighted by Crippen LogP contribution is 2.19. The Morgan fingerprint density at radius 2 is 2.08 bits per heavy atom. The summed E-state index contributed by atoms with van der Waals surface area (Å²) >= 11 is 0. The summed E-state index contributed by atoms with van der Waals surface area (Å²) in [5.41, 5.74) is 1.83. The van der Waals surface area contributed by atoms with Crippen molar-refractivity contribution in [1.29, 1.82) is 0 Å². The number of rotatable bonds is 5. The van der Waals surface area contributed by atoms with E-state index in [1.54, 1.807) is 31.5 Å². The van der Waals surface area contributed by atoms with Gasteiger partial charge in [0.1, 0.15) is 17.3 Å². The summed E-state index contributed by atoms with van der Waals surface area (Å²) < 4.78 is 19.8. The van der Waals surface area contributed by atoms with Crippen molar-refractivity contribution in [2.24, 2.45) is 7.05 Å². The second-order valence-electron chi connectivity index (χ2n) is 5.70. The number of carbonyl (C=O) groups excluding carboxylic acids is 1. The molecule has 24 heavy (non-hydrogen) atoms. The van der Waals surface area contributed by atoms with Crippen molar-refractivity contribution in [2.75, 3.05) is 0 Å². The number of halogens is 1. The van der Waals surface area contributed by atoms with Crippen LogP contribution in [0, 0.1) is 5.82 Å².